The van der Waals surface area contributed by atoms with Crippen LogP contribution in [0.4, 0.5) is 17.1 Å². The first-order valence-corrected chi connectivity index (χ1v) is 20.6. The van der Waals surface area contributed by atoms with Gasteiger partial charge < -0.3 is 14.0 Å². The number of rotatable bonds is 6. The molecule has 0 bridgehead atoms. The highest BCUT2D eigenvalue weighted by atomic mass is 32.1. The zero-order chi connectivity index (χ0) is 38.2. The van der Waals surface area contributed by atoms with E-state index in [2.05, 4.69) is 226 Å². The lowest BCUT2D eigenvalue weighted by Crippen LogP contribution is -2.09. The second-order valence-corrected chi connectivity index (χ2v) is 16.0. The average Bonchev–Trinajstić information content (AvgIpc) is 3.95. The fourth-order valence-electron chi connectivity index (χ4n) is 9.10. The van der Waals surface area contributed by atoms with Crippen LogP contribution >= 0.6 is 11.3 Å². The van der Waals surface area contributed by atoms with Gasteiger partial charge in [0.1, 0.15) is 0 Å². The molecule has 0 saturated carbocycles. The molecule has 0 amide bonds. The summed E-state index contributed by atoms with van der Waals surface area (Å²) in [5, 5.41) is 7.71. The zero-order valence-corrected chi connectivity index (χ0v) is 32.3. The van der Waals surface area contributed by atoms with Crippen molar-refractivity contribution < 1.29 is 0 Å². The van der Waals surface area contributed by atoms with Crippen molar-refractivity contribution in [3.63, 3.8) is 0 Å². The van der Waals surface area contributed by atoms with Crippen molar-refractivity contribution in [1.82, 2.24) is 9.13 Å². The molecule has 4 heteroatoms. The van der Waals surface area contributed by atoms with Crippen molar-refractivity contribution in [3.8, 4) is 22.5 Å². The van der Waals surface area contributed by atoms with Crippen LogP contribution in [0.3, 0.4) is 0 Å². The normalized spacial score (nSPS) is 11.8. The summed E-state index contributed by atoms with van der Waals surface area (Å²) < 4.78 is 7.48. The standard InChI is InChI=1S/C54H35N3S/c1-4-14-38(15-5-1)55(42-29-32-49-47(35-42)43-20-10-12-22-48(43)56(49)39-16-6-2-7-17-39)41-27-24-36(25-28-41)37-26-30-46-51(34-37)57(40-18-8-3-9-19-40)50-33-31-45-44-21-11-13-23-52(44)58-54(45)53(46)50/h1-35H. The molecule has 3 heterocycles. The molecule has 9 aromatic carbocycles. The molecule has 0 fully saturated rings. The third-order valence-corrected chi connectivity index (χ3v) is 12.9. The summed E-state index contributed by atoms with van der Waals surface area (Å²) in [7, 11) is 0. The van der Waals surface area contributed by atoms with Crippen molar-refractivity contribution in [2.24, 2.45) is 0 Å². The Morgan fingerprint density at radius 3 is 1.64 bits per heavy atom. The smallest absolute Gasteiger partial charge is 0.0555 e. The van der Waals surface area contributed by atoms with Gasteiger partial charge in [0.15, 0.2) is 0 Å². The van der Waals surface area contributed by atoms with Gasteiger partial charge in [0.2, 0.25) is 0 Å². The van der Waals surface area contributed by atoms with E-state index < -0.39 is 0 Å². The maximum Gasteiger partial charge on any atom is 0.0555 e. The summed E-state index contributed by atoms with van der Waals surface area (Å²) in [6.45, 7) is 0. The van der Waals surface area contributed by atoms with Crippen molar-refractivity contribution in [2.45, 2.75) is 0 Å². The lowest BCUT2D eigenvalue weighted by atomic mass is 10.0. The van der Waals surface area contributed by atoms with Crippen LogP contribution in [0.2, 0.25) is 0 Å². The molecule has 3 aromatic heterocycles. The summed E-state index contributed by atoms with van der Waals surface area (Å²) in [6.07, 6.45) is 0. The highest BCUT2D eigenvalue weighted by Crippen LogP contribution is 2.45. The Kier molecular flexibility index (Phi) is 7.40. The van der Waals surface area contributed by atoms with E-state index in [1.165, 1.54) is 74.9 Å². The van der Waals surface area contributed by atoms with Crippen LogP contribution in [0, 0.1) is 0 Å². The Morgan fingerprint density at radius 2 is 0.879 bits per heavy atom. The number of nitrogens with zero attached hydrogens (tertiary/aromatic N) is 3. The number of fused-ring (bicyclic) bond motifs is 10. The number of anilines is 3. The molecule has 0 aliphatic rings. The largest absolute Gasteiger partial charge is 0.310 e. The van der Waals surface area contributed by atoms with Crippen LogP contribution in [0.1, 0.15) is 0 Å². The molecule has 272 valence electrons. The Hall–Kier alpha value is -7.40. The summed E-state index contributed by atoms with van der Waals surface area (Å²) in [6, 6.07) is 77.2. The van der Waals surface area contributed by atoms with Gasteiger partial charge in [0.25, 0.3) is 0 Å². The first-order chi connectivity index (χ1) is 28.8. The topological polar surface area (TPSA) is 13.1 Å². The third kappa shape index (κ3) is 5.05. The Balaban J connectivity index is 0.997. The summed E-state index contributed by atoms with van der Waals surface area (Å²) >= 11 is 1.90. The van der Waals surface area contributed by atoms with E-state index in [9.17, 15) is 0 Å². The van der Waals surface area contributed by atoms with Gasteiger partial charge in [0, 0.05) is 70.2 Å². The number of hydrogen-bond donors (Lipinski definition) is 0. The Morgan fingerprint density at radius 1 is 0.328 bits per heavy atom. The number of hydrogen-bond acceptors (Lipinski definition) is 2. The third-order valence-electron chi connectivity index (χ3n) is 11.7. The molecular formula is C54H35N3S. The van der Waals surface area contributed by atoms with Gasteiger partial charge in [-0.3, -0.25) is 0 Å². The zero-order valence-electron chi connectivity index (χ0n) is 31.5. The maximum atomic E-state index is 2.44. The molecule has 0 radical (unpaired) electrons. The predicted octanol–water partition coefficient (Wildman–Crippen LogP) is 15.4. The number of aromatic nitrogens is 2. The maximum absolute atomic E-state index is 2.44. The second kappa shape index (κ2) is 13.1. The van der Waals surface area contributed by atoms with E-state index >= 15 is 0 Å². The van der Waals surface area contributed by atoms with Crippen LogP contribution in [-0.4, -0.2) is 9.13 Å². The number of benzene rings is 9. The SMILES string of the molecule is c1ccc(N(c2ccc(-c3ccc4c5c6sc7ccccc7c6ccc5n(-c5ccccc5)c4c3)cc2)c2ccc3c(c2)c2ccccc2n3-c2ccccc2)cc1. The highest BCUT2D eigenvalue weighted by molar-refractivity contribution is 7.26. The molecule has 0 atom stereocenters. The van der Waals surface area contributed by atoms with Crippen molar-refractivity contribution >= 4 is 92.2 Å². The van der Waals surface area contributed by atoms with E-state index in [1.807, 2.05) is 11.3 Å². The minimum Gasteiger partial charge on any atom is -0.310 e. The molecule has 12 aromatic rings. The van der Waals surface area contributed by atoms with Gasteiger partial charge in [-0.25, -0.2) is 0 Å². The van der Waals surface area contributed by atoms with E-state index in [4.69, 9.17) is 0 Å². The fourth-order valence-corrected chi connectivity index (χ4v) is 10.4. The summed E-state index contributed by atoms with van der Waals surface area (Å²) in [5.74, 6) is 0. The first kappa shape index (κ1) is 32.8. The van der Waals surface area contributed by atoms with Gasteiger partial charge in [0.05, 0.1) is 22.1 Å². The minimum atomic E-state index is 1.10. The monoisotopic (exact) mass is 757 g/mol. The first-order valence-electron chi connectivity index (χ1n) is 19.8. The fraction of sp³-hybridized carbons (Fsp3) is 0. The van der Waals surface area contributed by atoms with Gasteiger partial charge in [-0.05, 0) is 102 Å². The molecule has 0 saturated heterocycles. The number of thiophene rings is 1. The molecule has 3 nitrogen and oxygen atoms in total. The molecule has 0 aliphatic carbocycles. The summed E-state index contributed by atoms with van der Waals surface area (Å²) in [4.78, 5) is 2.37. The molecular weight excluding hydrogens is 723 g/mol. The van der Waals surface area contributed by atoms with Crippen LogP contribution in [0.5, 0.6) is 0 Å². The molecule has 58 heavy (non-hydrogen) atoms. The lowest BCUT2D eigenvalue weighted by molar-refractivity contribution is 1.18. The average molecular weight is 758 g/mol. The van der Waals surface area contributed by atoms with Crippen LogP contribution in [-0.2, 0) is 0 Å². The van der Waals surface area contributed by atoms with E-state index in [0.29, 0.717) is 0 Å². The minimum absolute atomic E-state index is 1.10. The van der Waals surface area contributed by atoms with Crippen molar-refractivity contribution in [3.05, 3.63) is 212 Å². The lowest BCUT2D eigenvalue weighted by Gasteiger charge is -2.26. The van der Waals surface area contributed by atoms with Gasteiger partial charge in [-0.15, -0.1) is 11.3 Å². The van der Waals surface area contributed by atoms with Gasteiger partial charge >= 0.3 is 0 Å². The molecule has 12 rings (SSSR count). The van der Waals surface area contributed by atoms with Gasteiger partial charge in [-0.2, -0.15) is 0 Å². The molecule has 0 spiro atoms. The Bertz CT molecular complexity index is 3490. The van der Waals surface area contributed by atoms with E-state index in [-0.39, 0.29) is 0 Å². The molecule has 0 N–H and O–H groups in total. The number of para-hydroxylation sites is 4. The predicted molar refractivity (Wildman–Crippen MR) is 248 cm³/mol. The van der Waals surface area contributed by atoms with Crippen molar-refractivity contribution in [2.75, 3.05) is 4.90 Å². The van der Waals surface area contributed by atoms with Crippen LogP contribution in [0.25, 0.3) is 86.3 Å². The van der Waals surface area contributed by atoms with E-state index in [1.54, 1.807) is 0 Å². The van der Waals surface area contributed by atoms with Crippen LogP contribution in [0.15, 0.2) is 212 Å². The highest BCUT2D eigenvalue weighted by Gasteiger charge is 2.20. The second-order valence-electron chi connectivity index (χ2n) is 14.9. The molecule has 0 unspecified atom stereocenters. The quantitative estimate of drug-likeness (QED) is 0.165. The summed E-state index contributed by atoms with van der Waals surface area (Å²) in [5.41, 5.74) is 12.9. The Labute approximate surface area is 339 Å². The van der Waals surface area contributed by atoms with Crippen molar-refractivity contribution in [1.29, 1.82) is 0 Å². The van der Waals surface area contributed by atoms with Gasteiger partial charge in [-0.1, -0.05) is 121 Å². The van der Waals surface area contributed by atoms with Crippen LogP contribution < -0.4 is 4.90 Å². The molecule has 0 aliphatic heterocycles. The van der Waals surface area contributed by atoms with E-state index in [0.717, 1.165) is 28.4 Å².